The van der Waals surface area contributed by atoms with E-state index in [1.54, 1.807) is 38.1 Å². The van der Waals surface area contributed by atoms with Crippen molar-refractivity contribution < 1.29 is 14.1 Å². The lowest BCUT2D eigenvalue weighted by Crippen LogP contribution is -2.14. The lowest BCUT2D eigenvalue weighted by molar-refractivity contribution is -0.114. The van der Waals surface area contributed by atoms with Crippen LogP contribution in [-0.2, 0) is 4.79 Å². The summed E-state index contributed by atoms with van der Waals surface area (Å²) in [6.45, 7) is 4.82. The number of aryl methyl sites for hydroxylation is 2. The van der Waals surface area contributed by atoms with Gasteiger partial charge in [0.25, 0.3) is 5.91 Å². The Kier molecular flexibility index (Phi) is 3.84. The summed E-state index contributed by atoms with van der Waals surface area (Å²) in [5.41, 5.74) is 2.17. The number of anilines is 2. The summed E-state index contributed by atoms with van der Waals surface area (Å²) in [6, 6.07) is 6.90. The second kappa shape index (κ2) is 5.56. The summed E-state index contributed by atoms with van der Waals surface area (Å²) in [4.78, 5) is 23.2. The molecule has 6 nitrogen and oxygen atoms in total. The van der Waals surface area contributed by atoms with Gasteiger partial charge in [0.05, 0.1) is 5.69 Å². The molecule has 0 saturated heterocycles. The Hall–Kier alpha value is -2.63. The average molecular weight is 273 g/mol. The van der Waals surface area contributed by atoms with Crippen LogP contribution in [0, 0.1) is 13.8 Å². The van der Waals surface area contributed by atoms with E-state index in [0.29, 0.717) is 28.4 Å². The molecular formula is C14H15N3O3. The summed E-state index contributed by atoms with van der Waals surface area (Å²) in [5.74, 6) is 0.0124. The molecule has 0 aliphatic rings. The largest absolute Gasteiger partial charge is 0.361 e. The fourth-order valence-electron chi connectivity index (χ4n) is 1.88. The first-order chi connectivity index (χ1) is 9.47. The highest BCUT2D eigenvalue weighted by atomic mass is 16.5. The van der Waals surface area contributed by atoms with Crippen LogP contribution in [0.2, 0.25) is 0 Å². The fourth-order valence-corrected chi connectivity index (χ4v) is 1.88. The van der Waals surface area contributed by atoms with Gasteiger partial charge in [0, 0.05) is 18.3 Å². The summed E-state index contributed by atoms with van der Waals surface area (Å²) in [7, 11) is 0. The van der Waals surface area contributed by atoms with Crippen molar-refractivity contribution in [3.8, 4) is 0 Å². The number of rotatable bonds is 3. The van der Waals surface area contributed by atoms with Crippen molar-refractivity contribution in [3.63, 3.8) is 0 Å². The van der Waals surface area contributed by atoms with Crippen molar-refractivity contribution in [2.45, 2.75) is 20.8 Å². The highest BCUT2D eigenvalue weighted by Crippen LogP contribution is 2.18. The van der Waals surface area contributed by atoms with Crippen LogP contribution in [0.25, 0.3) is 0 Å². The maximum Gasteiger partial charge on any atom is 0.261 e. The van der Waals surface area contributed by atoms with E-state index in [4.69, 9.17) is 4.52 Å². The molecule has 1 aromatic heterocycles. The van der Waals surface area contributed by atoms with Crippen molar-refractivity contribution >= 4 is 23.2 Å². The molecule has 0 saturated carbocycles. The van der Waals surface area contributed by atoms with Gasteiger partial charge in [0.15, 0.2) is 0 Å². The quantitative estimate of drug-likeness (QED) is 0.899. The monoisotopic (exact) mass is 273 g/mol. The van der Waals surface area contributed by atoms with Crippen molar-refractivity contribution in [2.24, 2.45) is 0 Å². The number of carbonyl (C=O) groups excluding carboxylic acids is 2. The molecule has 2 rings (SSSR count). The lowest BCUT2D eigenvalue weighted by Gasteiger charge is -2.07. The normalized spacial score (nSPS) is 10.2. The van der Waals surface area contributed by atoms with Crippen molar-refractivity contribution in [3.05, 3.63) is 41.3 Å². The number of nitrogens with one attached hydrogen (secondary N) is 2. The number of benzene rings is 1. The molecule has 0 radical (unpaired) electrons. The van der Waals surface area contributed by atoms with Gasteiger partial charge in [-0.25, -0.2) is 0 Å². The summed E-state index contributed by atoms with van der Waals surface area (Å²) in [5, 5.41) is 9.15. The zero-order valence-corrected chi connectivity index (χ0v) is 11.5. The maximum absolute atomic E-state index is 12.2. The number of aromatic nitrogens is 1. The maximum atomic E-state index is 12.2. The summed E-state index contributed by atoms with van der Waals surface area (Å²) >= 11 is 0. The van der Waals surface area contributed by atoms with Gasteiger partial charge in [-0.15, -0.1) is 0 Å². The zero-order chi connectivity index (χ0) is 14.7. The fraction of sp³-hybridized carbons (Fsp3) is 0.214. The molecule has 0 bridgehead atoms. The Labute approximate surface area is 116 Å². The number of nitrogens with zero attached hydrogens (tertiary/aromatic N) is 1. The van der Waals surface area contributed by atoms with Gasteiger partial charge in [-0.3, -0.25) is 9.59 Å². The second-order valence-corrected chi connectivity index (χ2v) is 4.42. The van der Waals surface area contributed by atoms with Gasteiger partial charge in [-0.1, -0.05) is 11.2 Å². The topological polar surface area (TPSA) is 84.2 Å². The standard InChI is InChI=1S/C14H15N3O3/c1-8-13(9(2)20-17-8)14(19)16-12-6-4-5-11(7-12)15-10(3)18/h4-7H,1-3H3,(H,15,18)(H,16,19). The molecule has 0 spiro atoms. The van der Waals surface area contributed by atoms with Gasteiger partial charge in [-0.2, -0.15) is 0 Å². The molecular weight excluding hydrogens is 258 g/mol. The van der Waals surface area contributed by atoms with Gasteiger partial charge in [0.2, 0.25) is 5.91 Å². The molecule has 0 atom stereocenters. The highest BCUT2D eigenvalue weighted by Gasteiger charge is 2.17. The highest BCUT2D eigenvalue weighted by molar-refractivity contribution is 6.06. The summed E-state index contributed by atoms with van der Waals surface area (Å²) in [6.07, 6.45) is 0. The molecule has 0 aliphatic heterocycles. The first-order valence-corrected chi connectivity index (χ1v) is 6.09. The Morgan fingerprint density at radius 2 is 1.80 bits per heavy atom. The number of hydrogen-bond donors (Lipinski definition) is 2. The summed E-state index contributed by atoms with van der Waals surface area (Å²) < 4.78 is 4.96. The zero-order valence-electron chi connectivity index (χ0n) is 11.5. The van der Waals surface area contributed by atoms with E-state index in [1.165, 1.54) is 6.92 Å². The van der Waals surface area contributed by atoms with E-state index in [9.17, 15) is 9.59 Å². The molecule has 1 aromatic carbocycles. The van der Waals surface area contributed by atoms with Crippen LogP contribution in [-0.4, -0.2) is 17.0 Å². The van der Waals surface area contributed by atoms with Crippen LogP contribution in [0.5, 0.6) is 0 Å². The SMILES string of the molecule is CC(=O)Nc1cccc(NC(=O)c2c(C)noc2C)c1. The van der Waals surface area contributed by atoms with Crippen molar-refractivity contribution in [1.29, 1.82) is 0 Å². The minimum Gasteiger partial charge on any atom is -0.361 e. The minimum atomic E-state index is -0.291. The van der Waals surface area contributed by atoms with E-state index < -0.39 is 0 Å². The van der Waals surface area contributed by atoms with Crippen LogP contribution in [0.3, 0.4) is 0 Å². The molecule has 6 heteroatoms. The number of amides is 2. The smallest absolute Gasteiger partial charge is 0.261 e. The van der Waals surface area contributed by atoms with Crippen molar-refractivity contribution in [2.75, 3.05) is 10.6 Å². The van der Waals surface area contributed by atoms with E-state index in [1.807, 2.05) is 0 Å². The molecule has 0 aliphatic carbocycles. The van der Waals surface area contributed by atoms with Crippen LogP contribution in [0.4, 0.5) is 11.4 Å². The molecule has 1 heterocycles. The Morgan fingerprint density at radius 1 is 1.15 bits per heavy atom. The third kappa shape index (κ3) is 3.03. The van der Waals surface area contributed by atoms with Crippen LogP contribution < -0.4 is 10.6 Å². The van der Waals surface area contributed by atoms with E-state index in [2.05, 4.69) is 15.8 Å². The Morgan fingerprint density at radius 3 is 2.35 bits per heavy atom. The molecule has 104 valence electrons. The van der Waals surface area contributed by atoms with Gasteiger partial charge >= 0.3 is 0 Å². The minimum absolute atomic E-state index is 0.167. The van der Waals surface area contributed by atoms with Gasteiger partial charge < -0.3 is 15.2 Å². The molecule has 20 heavy (non-hydrogen) atoms. The van der Waals surface area contributed by atoms with Crippen LogP contribution in [0.15, 0.2) is 28.8 Å². The van der Waals surface area contributed by atoms with E-state index in [-0.39, 0.29) is 11.8 Å². The first-order valence-electron chi connectivity index (χ1n) is 6.09. The van der Waals surface area contributed by atoms with Gasteiger partial charge in [-0.05, 0) is 32.0 Å². The third-order valence-corrected chi connectivity index (χ3v) is 2.70. The molecule has 0 unspecified atom stereocenters. The van der Waals surface area contributed by atoms with E-state index >= 15 is 0 Å². The predicted molar refractivity (Wildman–Crippen MR) is 74.7 cm³/mol. The third-order valence-electron chi connectivity index (χ3n) is 2.70. The average Bonchev–Trinajstić information content (AvgIpc) is 2.68. The van der Waals surface area contributed by atoms with Crippen molar-refractivity contribution in [1.82, 2.24) is 5.16 Å². The van der Waals surface area contributed by atoms with Crippen LogP contribution >= 0.6 is 0 Å². The van der Waals surface area contributed by atoms with Gasteiger partial charge in [0.1, 0.15) is 11.3 Å². The number of hydrogen-bond acceptors (Lipinski definition) is 4. The first kappa shape index (κ1) is 13.8. The lowest BCUT2D eigenvalue weighted by atomic mass is 10.2. The van der Waals surface area contributed by atoms with Crippen LogP contribution in [0.1, 0.15) is 28.7 Å². The number of carbonyl (C=O) groups is 2. The molecule has 2 N–H and O–H groups in total. The second-order valence-electron chi connectivity index (χ2n) is 4.42. The Bertz CT molecular complexity index is 642. The molecule has 0 fully saturated rings. The molecule has 2 amide bonds. The van der Waals surface area contributed by atoms with E-state index in [0.717, 1.165) is 0 Å². The Balaban J connectivity index is 2.18. The molecule has 2 aromatic rings. The predicted octanol–water partition coefficient (Wildman–Crippen LogP) is 2.50.